The molecule has 0 atom stereocenters. The lowest BCUT2D eigenvalue weighted by Crippen LogP contribution is -2.21. The quantitative estimate of drug-likeness (QED) is 0.390. The molecule has 3 aromatic rings. The van der Waals surface area contributed by atoms with Gasteiger partial charge in [0, 0.05) is 18.3 Å². The first-order valence-electron chi connectivity index (χ1n) is 7.51. The Morgan fingerprint density at radius 2 is 2.00 bits per heavy atom. The van der Waals surface area contributed by atoms with Gasteiger partial charge in [0.2, 0.25) is 5.88 Å². The number of hydrogen-bond acceptors (Lipinski definition) is 7. The molecule has 0 aliphatic carbocycles. The van der Waals surface area contributed by atoms with E-state index in [4.69, 9.17) is 9.47 Å². The zero-order valence-corrected chi connectivity index (χ0v) is 13.6. The molecule has 3 rings (SSSR count). The first-order valence-corrected chi connectivity index (χ1v) is 7.51. The highest BCUT2D eigenvalue weighted by molar-refractivity contribution is 5.73. The number of nitrogens with zero attached hydrogens (tertiary/aromatic N) is 3. The number of esters is 1. The third kappa shape index (κ3) is 3.66. The highest BCUT2D eigenvalue weighted by Gasteiger charge is 2.11. The van der Waals surface area contributed by atoms with Crippen LogP contribution < -0.4 is 15.0 Å². The second-order valence-corrected chi connectivity index (χ2v) is 5.33. The second kappa shape index (κ2) is 7.01. The van der Waals surface area contributed by atoms with Crippen molar-refractivity contribution in [3.05, 3.63) is 74.7 Å². The molecule has 1 aromatic carbocycles. The predicted octanol–water partition coefficient (Wildman–Crippen LogP) is 1.90. The molecule has 0 spiro atoms. The number of fused-ring (bicyclic) bond motifs is 1. The lowest BCUT2D eigenvalue weighted by molar-refractivity contribution is -0.384. The number of carbonyl (C=O) groups is 1. The summed E-state index contributed by atoms with van der Waals surface area (Å²) in [5.41, 5.74) is 0.678. The second-order valence-electron chi connectivity index (χ2n) is 5.33. The van der Waals surface area contributed by atoms with Crippen molar-refractivity contribution in [1.29, 1.82) is 0 Å². The summed E-state index contributed by atoms with van der Waals surface area (Å²) in [6.07, 6.45) is 1.57. The van der Waals surface area contributed by atoms with Gasteiger partial charge in [-0.05, 0) is 30.7 Å². The van der Waals surface area contributed by atoms with Gasteiger partial charge in [0.05, 0.1) is 11.0 Å². The standard InChI is InChI=1S/C17H13N3O6/c1-11-3-2-8-19-15(21)9-14(18-17(11)19)26-16(22)10-25-13-6-4-12(5-7-13)20(23)24/h2-9H,10H2,1H3. The van der Waals surface area contributed by atoms with Crippen molar-refractivity contribution >= 4 is 17.3 Å². The Labute approximate surface area is 146 Å². The fourth-order valence-electron chi connectivity index (χ4n) is 2.24. The first-order chi connectivity index (χ1) is 12.4. The van der Waals surface area contributed by atoms with E-state index >= 15 is 0 Å². The number of aromatic nitrogens is 2. The van der Waals surface area contributed by atoms with Crippen LogP contribution in [-0.2, 0) is 4.79 Å². The van der Waals surface area contributed by atoms with Gasteiger partial charge in [0.25, 0.3) is 11.2 Å². The van der Waals surface area contributed by atoms with Crippen LogP contribution in [-0.4, -0.2) is 26.9 Å². The minimum absolute atomic E-state index is 0.0869. The molecular formula is C17H13N3O6. The van der Waals surface area contributed by atoms with Crippen LogP contribution in [0.25, 0.3) is 5.65 Å². The number of pyridine rings is 1. The molecule has 2 aromatic heterocycles. The van der Waals surface area contributed by atoms with E-state index in [9.17, 15) is 19.7 Å². The van der Waals surface area contributed by atoms with Gasteiger partial charge < -0.3 is 9.47 Å². The number of non-ortho nitro benzene ring substituents is 1. The molecule has 0 amide bonds. The summed E-state index contributed by atoms with van der Waals surface area (Å²) in [7, 11) is 0. The summed E-state index contributed by atoms with van der Waals surface area (Å²) < 4.78 is 11.6. The average Bonchev–Trinajstić information content (AvgIpc) is 2.61. The van der Waals surface area contributed by atoms with Crippen molar-refractivity contribution in [2.45, 2.75) is 6.92 Å². The number of rotatable bonds is 5. The van der Waals surface area contributed by atoms with Crippen LogP contribution in [0.5, 0.6) is 11.6 Å². The van der Waals surface area contributed by atoms with Crippen molar-refractivity contribution in [2.24, 2.45) is 0 Å². The van der Waals surface area contributed by atoms with E-state index in [-0.39, 0.29) is 22.9 Å². The van der Waals surface area contributed by atoms with Crippen molar-refractivity contribution in [1.82, 2.24) is 9.38 Å². The first kappa shape index (κ1) is 17.1. The lowest BCUT2D eigenvalue weighted by Gasteiger charge is -2.08. The van der Waals surface area contributed by atoms with E-state index in [0.29, 0.717) is 5.65 Å². The molecular weight excluding hydrogens is 342 g/mol. The topological polar surface area (TPSA) is 113 Å². The van der Waals surface area contributed by atoms with Crippen LogP contribution in [0.3, 0.4) is 0 Å². The highest BCUT2D eigenvalue weighted by Crippen LogP contribution is 2.17. The number of ether oxygens (including phenoxy) is 2. The molecule has 0 saturated carbocycles. The molecule has 9 heteroatoms. The minimum atomic E-state index is -0.756. The molecule has 9 nitrogen and oxygen atoms in total. The average molecular weight is 355 g/mol. The van der Waals surface area contributed by atoms with E-state index in [0.717, 1.165) is 11.6 Å². The van der Waals surface area contributed by atoms with Gasteiger partial charge in [-0.2, -0.15) is 4.98 Å². The maximum Gasteiger partial charge on any atom is 0.350 e. The number of nitro benzene ring substituents is 1. The number of carbonyl (C=O) groups excluding carboxylic acids is 1. The zero-order chi connectivity index (χ0) is 18.7. The molecule has 132 valence electrons. The summed E-state index contributed by atoms with van der Waals surface area (Å²) in [4.78, 5) is 38.1. The predicted molar refractivity (Wildman–Crippen MR) is 90.4 cm³/mol. The van der Waals surface area contributed by atoms with Crippen molar-refractivity contribution in [2.75, 3.05) is 6.61 Å². The van der Waals surface area contributed by atoms with Gasteiger partial charge in [-0.25, -0.2) is 4.79 Å². The van der Waals surface area contributed by atoms with E-state index in [1.165, 1.54) is 28.7 Å². The van der Waals surface area contributed by atoms with Crippen LogP contribution in [0.4, 0.5) is 5.69 Å². The van der Waals surface area contributed by atoms with E-state index in [2.05, 4.69) is 4.98 Å². The Bertz CT molecular complexity index is 1040. The molecule has 2 heterocycles. The van der Waals surface area contributed by atoms with Gasteiger partial charge in [-0.3, -0.25) is 19.3 Å². The smallest absolute Gasteiger partial charge is 0.350 e. The van der Waals surface area contributed by atoms with Crippen molar-refractivity contribution in [3.8, 4) is 11.6 Å². The Morgan fingerprint density at radius 1 is 1.27 bits per heavy atom. The van der Waals surface area contributed by atoms with Crippen LogP contribution in [0.15, 0.2) is 53.5 Å². The number of aryl methyl sites for hydroxylation is 1. The normalized spacial score (nSPS) is 10.5. The molecule has 0 aliphatic heterocycles. The fourth-order valence-corrected chi connectivity index (χ4v) is 2.24. The fraction of sp³-hybridized carbons (Fsp3) is 0.118. The van der Waals surface area contributed by atoms with E-state index in [1.807, 2.05) is 0 Å². The summed E-state index contributed by atoms with van der Waals surface area (Å²) in [5, 5.41) is 10.6. The SMILES string of the molecule is Cc1cccn2c(=O)cc(OC(=O)COc3ccc([N+](=O)[O-])cc3)nc12. The number of benzene rings is 1. The molecule has 0 radical (unpaired) electrons. The maximum atomic E-state index is 12.0. The Hall–Kier alpha value is -3.75. The summed E-state index contributed by atoms with van der Waals surface area (Å²) >= 11 is 0. The largest absolute Gasteiger partial charge is 0.482 e. The third-order valence-corrected chi connectivity index (χ3v) is 3.49. The Kier molecular flexibility index (Phi) is 4.61. The Morgan fingerprint density at radius 3 is 2.69 bits per heavy atom. The number of hydrogen-bond donors (Lipinski definition) is 0. The van der Waals surface area contributed by atoms with Crippen LogP contribution in [0, 0.1) is 17.0 Å². The molecule has 0 saturated heterocycles. The zero-order valence-electron chi connectivity index (χ0n) is 13.6. The van der Waals surface area contributed by atoms with Gasteiger partial charge in [-0.1, -0.05) is 6.07 Å². The monoisotopic (exact) mass is 355 g/mol. The van der Waals surface area contributed by atoms with E-state index < -0.39 is 17.5 Å². The summed E-state index contributed by atoms with van der Waals surface area (Å²) in [5.74, 6) is -0.607. The van der Waals surface area contributed by atoms with Crippen LogP contribution >= 0.6 is 0 Å². The lowest BCUT2D eigenvalue weighted by atomic mass is 10.3. The molecule has 26 heavy (non-hydrogen) atoms. The van der Waals surface area contributed by atoms with Gasteiger partial charge in [0.1, 0.15) is 11.4 Å². The minimum Gasteiger partial charge on any atom is -0.482 e. The summed E-state index contributed by atoms with van der Waals surface area (Å²) in [6, 6.07) is 9.87. The molecule has 0 aliphatic rings. The molecule has 0 fully saturated rings. The van der Waals surface area contributed by atoms with Gasteiger partial charge >= 0.3 is 5.97 Å². The Balaban J connectivity index is 1.68. The highest BCUT2D eigenvalue weighted by atomic mass is 16.6. The van der Waals surface area contributed by atoms with Crippen LogP contribution in [0.2, 0.25) is 0 Å². The van der Waals surface area contributed by atoms with Gasteiger partial charge in [-0.15, -0.1) is 0 Å². The molecule has 0 N–H and O–H groups in total. The van der Waals surface area contributed by atoms with Crippen molar-refractivity contribution < 1.29 is 19.2 Å². The molecule has 0 unspecified atom stereocenters. The van der Waals surface area contributed by atoms with E-state index in [1.54, 1.807) is 25.3 Å². The third-order valence-electron chi connectivity index (χ3n) is 3.49. The van der Waals surface area contributed by atoms with Crippen LogP contribution in [0.1, 0.15) is 5.56 Å². The number of nitro groups is 1. The van der Waals surface area contributed by atoms with Gasteiger partial charge in [0.15, 0.2) is 6.61 Å². The molecule has 0 bridgehead atoms. The van der Waals surface area contributed by atoms with Crippen molar-refractivity contribution in [3.63, 3.8) is 0 Å². The summed E-state index contributed by atoms with van der Waals surface area (Å²) in [6.45, 7) is 1.34. The maximum absolute atomic E-state index is 12.0.